The van der Waals surface area contributed by atoms with Gasteiger partial charge in [-0.1, -0.05) is 0 Å². The highest BCUT2D eigenvalue weighted by Crippen LogP contribution is 2.16. The van der Waals surface area contributed by atoms with Gasteiger partial charge in [-0.3, -0.25) is 4.79 Å². The molecule has 2 nitrogen and oxygen atoms in total. The number of benzene rings is 1. The minimum absolute atomic E-state index is 0.00817. The normalized spacial score (nSPS) is 12.2. The third-order valence-electron chi connectivity index (χ3n) is 2.10. The van der Waals surface area contributed by atoms with Gasteiger partial charge in [-0.25, -0.2) is 4.39 Å². The molecule has 88 valence electrons. The van der Waals surface area contributed by atoms with Crippen molar-refractivity contribution < 1.29 is 9.18 Å². The van der Waals surface area contributed by atoms with Crippen LogP contribution in [0.5, 0.6) is 0 Å². The number of nitrogens with one attached hydrogen (secondary N) is 1. The molecule has 0 radical (unpaired) electrons. The van der Waals surface area contributed by atoms with E-state index in [-0.39, 0.29) is 22.2 Å². The fraction of sp³-hybridized carbons (Fsp3) is 0.364. The van der Waals surface area contributed by atoms with E-state index in [9.17, 15) is 9.18 Å². The lowest BCUT2D eigenvalue weighted by atomic mass is 10.2. The van der Waals surface area contributed by atoms with E-state index in [0.29, 0.717) is 17.9 Å². The predicted octanol–water partition coefficient (Wildman–Crippen LogP) is 3.34. The molecule has 0 aliphatic heterocycles. The second-order valence-electron chi connectivity index (χ2n) is 3.48. The first-order chi connectivity index (χ1) is 7.54. The number of hydrogen-bond acceptors (Lipinski definition) is 1. The van der Waals surface area contributed by atoms with Crippen LogP contribution in [-0.2, 0) is 0 Å². The molecule has 0 bridgehead atoms. The quantitative estimate of drug-likeness (QED) is 0.849. The molecule has 1 unspecified atom stereocenters. The van der Waals surface area contributed by atoms with Crippen LogP contribution in [0.4, 0.5) is 4.39 Å². The van der Waals surface area contributed by atoms with Crippen molar-refractivity contribution in [3.05, 3.63) is 34.1 Å². The lowest BCUT2D eigenvalue weighted by Crippen LogP contribution is -2.32. The van der Waals surface area contributed by atoms with Crippen LogP contribution in [0.25, 0.3) is 0 Å². The Morgan fingerprint density at radius 3 is 2.88 bits per heavy atom. The molecule has 0 aliphatic carbocycles. The van der Waals surface area contributed by atoms with Crippen molar-refractivity contribution in [2.75, 3.05) is 5.88 Å². The van der Waals surface area contributed by atoms with E-state index in [1.165, 1.54) is 18.2 Å². The molecule has 0 aliphatic rings. The average Bonchev–Trinajstić information content (AvgIpc) is 2.22. The molecule has 5 heteroatoms. The molecule has 1 aromatic carbocycles. The molecule has 16 heavy (non-hydrogen) atoms. The Labute approximate surface area is 107 Å². The number of rotatable bonds is 4. The van der Waals surface area contributed by atoms with Gasteiger partial charge in [0.05, 0.1) is 4.47 Å². The predicted molar refractivity (Wildman–Crippen MR) is 66.4 cm³/mol. The van der Waals surface area contributed by atoms with Gasteiger partial charge < -0.3 is 5.32 Å². The van der Waals surface area contributed by atoms with Crippen molar-refractivity contribution >= 4 is 33.4 Å². The number of carbonyl (C=O) groups is 1. The maximum absolute atomic E-state index is 12.9. The fourth-order valence-electron chi connectivity index (χ4n) is 1.18. The molecule has 1 atom stereocenters. The van der Waals surface area contributed by atoms with Gasteiger partial charge in [0, 0.05) is 17.5 Å². The van der Waals surface area contributed by atoms with Crippen LogP contribution in [0.1, 0.15) is 23.7 Å². The van der Waals surface area contributed by atoms with E-state index in [2.05, 4.69) is 21.2 Å². The van der Waals surface area contributed by atoms with Crippen molar-refractivity contribution in [1.82, 2.24) is 5.32 Å². The molecule has 0 heterocycles. The van der Waals surface area contributed by atoms with Crippen LogP contribution in [0, 0.1) is 5.82 Å². The number of alkyl halides is 1. The summed E-state index contributed by atoms with van der Waals surface area (Å²) in [6, 6.07) is 4.17. The van der Waals surface area contributed by atoms with Gasteiger partial charge in [-0.15, -0.1) is 11.6 Å². The van der Waals surface area contributed by atoms with Gasteiger partial charge in [-0.2, -0.15) is 0 Å². The summed E-state index contributed by atoms with van der Waals surface area (Å²) in [5.74, 6) is -0.113. The van der Waals surface area contributed by atoms with Crippen LogP contribution in [0.2, 0.25) is 0 Å². The van der Waals surface area contributed by atoms with Gasteiger partial charge in [0.2, 0.25) is 0 Å². The fourth-order valence-corrected chi connectivity index (χ4v) is 1.89. The molecule has 0 aromatic heterocycles. The van der Waals surface area contributed by atoms with E-state index in [4.69, 9.17) is 11.6 Å². The van der Waals surface area contributed by atoms with Crippen molar-refractivity contribution in [3.63, 3.8) is 0 Å². The van der Waals surface area contributed by atoms with Crippen LogP contribution in [0.15, 0.2) is 22.7 Å². The zero-order valence-corrected chi connectivity index (χ0v) is 11.1. The number of carbonyl (C=O) groups excluding carboxylic acids is 1. The minimum Gasteiger partial charge on any atom is -0.350 e. The van der Waals surface area contributed by atoms with E-state index < -0.39 is 0 Å². The maximum Gasteiger partial charge on any atom is 0.251 e. The first kappa shape index (κ1) is 13.5. The second-order valence-corrected chi connectivity index (χ2v) is 4.71. The minimum atomic E-state index is -0.384. The van der Waals surface area contributed by atoms with Crippen molar-refractivity contribution in [2.24, 2.45) is 0 Å². The Morgan fingerprint density at radius 1 is 1.62 bits per heavy atom. The second kappa shape index (κ2) is 6.21. The van der Waals surface area contributed by atoms with Gasteiger partial charge >= 0.3 is 0 Å². The first-order valence-corrected chi connectivity index (χ1v) is 6.19. The summed E-state index contributed by atoms with van der Waals surface area (Å²) in [6.07, 6.45) is 0.704. The molecule has 1 N–H and O–H groups in total. The van der Waals surface area contributed by atoms with E-state index in [0.717, 1.165) is 0 Å². The lowest BCUT2D eigenvalue weighted by Gasteiger charge is -2.12. The monoisotopic (exact) mass is 307 g/mol. The highest BCUT2D eigenvalue weighted by Gasteiger charge is 2.10. The van der Waals surface area contributed by atoms with Crippen LogP contribution >= 0.6 is 27.5 Å². The third kappa shape index (κ3) is 3.76. The standard InChI is InChI=1S/C11H12BrClFNO/c1-7(4-5-13)15-11(16)8-2-3-10(14)9(12)6-8/h2-3,6-7H,4-5H2,1H3,(H,15,16). The largest absolute Gasteiger partial charge is 0.350 e. The lowest BCUT2D eigenvalue weighted by molar-refractivity contribution is 0.0939. The first-order valence-electron chi connectivity index (χ1n) is 4.86. The summed E-state index contributed by atoms with van der Waals surface area (Å²) >= 11 is 8.60. The Balaban J connectivity index is 2.69. The topological polar surface area (TPSA) is 29.1 Å². The molecular formula is C11H12BrClFNO. The highest BCUT2D eigenvalue weighted by molar-refractivity contribution is 9.10. The molecule has 1 aromatic rings. The summed E-state index contributed by atoms with van der Waals surface area (Å²) in [5.41, 5.74) is 0.426. The van der Waals surface area contributed by atoms with Crippen molar-refractivity contribution in [1.29, 1.82) is 0 Å². The Kier molecular flexibility index (Phi) is 5.22. The highest BCUT2D eigenvalue weighted by atomic mass is 79.9. The van der Waals surface area contributed by atoms with E-state index in [1.807, 2.05) is 6.92 Å². The Morgan fingerprint density at radius 2 is 2.31 bits per heavy atom. The molecule has 0 saturated carbocycles. The average molecular weight is 309 g/mol. The molecule has 0 fully saturated rings. The van der Waals surface area contributed by atoms with Crippen molar-refractivity contribution in [3.8, 4) is 0 Å². The maximum atomic E-state index is 12.9. The summed E-state index contributed by atoms with van der Waals surface area (Å²) in [5, 5.41) is 2.78. The molecule has 1 rings (SSSR count). The van der Waals surface area contributed by atoms with Gasteiger partial charge in [0.1, 0.15) is 5.82 Å². The zero-order valence-electron chi connectivity index (χ0n) is 8.77. The van der Waals surface area contributed by atoms with Gasteiger partial charge in [-0.05, 0) is 47.5 Å². The van der Waals surface area contributed by atoms with Crippen LogP contribution in [-0.4, -0.2) is 17.8 Å². The van der Waals surface area contributed by atoms with Crippen molar-refractivity contribution in [2.45, 2.75) is 19.4 Å². The van der Waals surface area contributed by atoms with Gasteiger partial charge in [0.15, 0.2) is 0 Å². The Hall–Kier alpha value is -0.610. The molecule has 0 saturated heterocycles. The van der Waals surface area contributed by atoms with Crippen LogP contribution in [0.3, 0.4) is 0 Å². The summed E-state index contributed by atoms with van der Waals surface area (Å²) in [7, 11) is 0. The SMILES string of the molecule is CC(CCCl)NC(=O)c1ccc(F)c(Br)c1. The Bertz CT molecular complexity index is 386. The molecular weight excluding hydrogens is 296 g/mol. The molecule has 1 amide bonds. The summed E-state index contributed by atoms with van der Waals surface area (Å²) in [4.78, 5) is 11.7. The third-order valence-corrected chi connectivity index (χ3v) is 2.93. The molecule has 0 spiro atoms. The zero-order chi connectivity index (χ0) is 12.1. The van der Waals surface area contributed by atoms with E-state index >= 15 is 0 Å². The van der Waals surface area contributed by atoms with Gasteiger partial charge in [0.25, 0.3) is 5.91 Å². The van der Waals surface area contributed by atoms with Crippen LogP contribution < -0.4 is 5.32 Å². The summed E-state index contributed by atoms with van der Waals surface area (Å²) in [6.45, 7) is 1.87. The smallest absolute Gasteiger partial charge is 0.251 e. The van der Waals surface area contributed by atoms with E-state index in [1.54, 1.807) is 0 Å². The summed E-state index contributed by atoms with van der Waals surface area (Å²) < 4.78 is 13.2. The number of hydrogen-bond donors (Lipinski definition) is 1. The number of halogens is 3. The number of amides is 1.